The fourth-order valence-corrected chi connectivity index (χ4v) is 3.06. The van der Waals surface area contributed by atoms with Gasteiger partial charge in [-0.15, -0.1) is 0 Å². The Bertz CT molecular complexity index is 619. The number of nitrogens with one attached hydrogen (secondary N) is 2. The third-order valence-corrected chi connectivity index (χ3v) is 4.32. The number of hydrogen-bond acceptors (Lipinski definition) is 3. The quantitative estimate of drug-likeness (QED) is 0.898. The summed E-state index contributed by atoms with van der Waals surface area (Å²) < 4.78 is 1.11. The standard InChI is InChI=1S/C14H17BrN4O/c15-11-5-3-10(4-6-11)8-12-2-1-7-19(12)9-13-16-14(20)18-17-13/h3-6,12H,1-2,7-9H2,(H2,16,17,18,20)/t12-/m0/s1. The van der Waals surface area contributed by atoms with Crippen LogP contribution in [0.15, 0.2) is 33.5 Å². The zero-order valence-corrected chi connectivity index (χ0v) is 12.7. The Hall–Kier alpha value is -1.40. The molecule has 0 unspecified atom stereocenters. The minimum absolute atomic E-state index is 0.233. The fraction of sp³-hybridized carbons (Fsp3) is 0.429. The summed E-state index contributed by atoms with van der Waals surface area (Å²) in [4.78, 5) is 16.2. The second-order valence-electron chi connectivity index (χ2n) is 5.22. The summed E-state index contributed by atoms with van der Waals surface area (Å²) in [5, 5.41) is 6.41. The maximum atomic E-state index is 11.1. The van der Waals surface area contributed by atoms with Crippen LogP contribution in [0, 0.1) is 0 Å². The van der Waals surface area contributed by atoms with Crippen LogP contribution in [-0.4, -0.2) is 32.7 Å². The first-order valence-corrected chi connectivity index (χ1v) is 7.62. The Kier molecular flexibility index (Phi) is 4.03. The van der Waals surface area contributed by atoms with Gasteiger partial charge in [0.25, 0.3) is 0 Å². The Balaban J connectivity index is 1.66. The molecule has 0 spiro atoms. The van der Waals surface area contributed by atoms with E-state index in [9.17, 15) is 4.79 Å². The second kappa shape index (κ2) is 5.93. The van der Waals surface area contributed by atoms with Gasteiger partial charge in [0.15, 0.2) is 0 Å². The van der Waals surface area contributed by atoms with Crippen LogP contribution in [0.2, 0.25) is 0 Å². The molecule has 1 fully saturated rings. The first-order valence-electron chi connectivity index (χ1n) is 6.83. The number of benzene rings is 1. The average Bonchev–Trinajstić information content (AvgIpc) is 3.03. The summed E-state index contributed by atoms with van der Waals surface area (Å²) in [5.74, 6) is 0.720. The van der Waals surface area contributed by atoms with Crippen molar-refractivity contribution in [2.75, 3.05) is 6.54 Å². The monoisotopic (exact) mass is 336 g/mol. The normalized spacial score (nSPS) is 19.6. The lowest BCUT2D eigenvalue weighted by atomic mass is 10.0. The van der Waals surface area contributed by atoms with Crippen LogP contribution in [0.1, 0.15) is 24.2 Å². The summed E-state index contributed by atoms with van der Waals surface area (Å²) in [7, 11) is 0. The molecule has 0 saturated carbocycles. The highest BCUT2D eigenvalue weighted by atomic mass is 79.9. The summed E-state index contributed by atoms with van der Waals surface area (Å²) in [5.41, 5.74) is 1.12. The van der Waals surface area contributed by atoms with Gasteiger partial charge in [0.2, 0.25) is 0 Å². The number of H-pyrrole nitrogens is 2. The predicted octanol–water partition coefficient (Wildman–Crippen LogP) is 2.07. The lowest BCUT2D eigenvalue weighted by Gasteiger charge is -2.23. The van der Waals surface area contributed by atoms with Crippen molar-refractivity contribution >= 4 is 15.9 Å². The minimum atomic E-state index is -0.233. The molecular weight excluding hydrogens is 320 g/mol. The van der Waals surface area contributed by atoms with Crippen molar-refractivity contribution in [1.82, 2.24) is 20.1 Å². The molecule has 1 aliphatic rings. The molecule has 0 radical (unpaired) electrons. The van der Waals surface area contributed by atoms with Gasteiger partial charge in [0.05, 0.1) is 6.54 Å². The highest BCUT2D eigenvalue weighted by Gasteiger charge is 2.25. The summed E-state index contributed by atoms with van der Waals surface area (Å²) in [6.45, 7) is 1.77. The van der Waals surface area contributed by atoms with E-state index in [4.69, 9.17) is 0 Å². The van der Waals surface area contributed by atoms with Gasteiger partial charge in [-0.1, -0.05) is 28.1 Å². The molecule has 3 rings (SSSR count). The molecule has 106 valence electrons. The van der Waals surface area contributed by atoms with Crippen molar-refractivity contribution < 1.29 is 0 Å². The SMILES string of the molecule is O=c1[nH]nc(CN2CCC[C@H]2Cc2ccc(Br)cc2)[nH]1. The molecule has 1 saturated heterocycles. The molecule has 1 atom stereocenters. The topological polar surface area (TPSA) is 64.8 Å². The van der Waals surface area contributed by atoms with Crippen LogP contribution in [0.4, 0.5) is 0 Å². The van der Waals surface area contributed by atoms with Gasteiger partial charge >= 0.3 is 5.69 Å². The number of nitrogens with zero attached hydrogens (tertiary/aromatic N) is 2. The molecule has 2 aromatic rings. The predicted molar refractivity (Wildman–Crippen MR) is 80.5 cm³/mol. The number of hydrogen-bond donors (Lipinski definition) is 2. The highest BCUT2D eigenvalue weighted by molar-refractivity contribution is 9.10. The molecule has 2 heterocycles. The molecule has 6 heteroatoms. The van der Waals surface area contributed by atoms with Crippen molar-refractivity contribution in [3.63, 3.8) is 0 Å². The minimum Gasteiger partial charge on any atom is -0.293 e. The third-order valence-electron chi connectivity index (χ3n) is 3.79. The molecule has 2 N–H and O–H groups in total. The number of aromatic nitrogens is 3. The van der Waals surface area contributed by atoms with E-state index in [1.165, 1.54) is 18.4 Å². The Labute approximate surface area is 125 Å². The van der Waals surface area contributed by atoms with Gasteiger partial charge in [-0.25, -0.2) is 9.89 Å². The fourth-order valence-electron chi connectivity index (χ4n) is 2.80. The Morgan fingerprint density at radius 3 is 2.85 bits per heavy atom. The summed E-state index contributed by atoms with van der Waals surface area (Å²) >= 11 is 3.46. The molecule has 20 heavy (non-hydrogen) atoms. The molecule has 0 amide bonds. The maximum Gasteiger partial charge on any atom is 0.340 e. The van der Waals surface area contributed by atoms with Gasteiger partial charge in [-0.05, 0) is 43.5 Å². The smallest absolute Gasteiger partial charge is 0.293 e. The van der Waals surface area contributed by atoms with E-state index in [-0.39, 0.29) is 5.69 Å². The number of aromatic amines is 2. The highest BCUT2D eigenvalue weighted by Crippen LogP contribution is 2.23. The van der Waals surface area contributed by atoms with Crippen LogP contribution in [0.5, 0.6) is 0 Å². The first kappa shape index (κ1) is 13.6. The molecule has 1 aliphatic heterocycles. The average molecular weight is 337 g/mol. The van der Waals surface area contributed by atoms with E-state index < -0.39 is 0 Å². The second-order valence-corrected chi connectivity index (χ2v) is 6.14. The number of rotatable bonds is 4. The van der Waals surface area contributed by atoms with E-state index in [1.54, 1.807) is 0 Å². The lowest BCUT2D eigenvalue weighted by Crippen LogP contribution is -2.31. The first-order chi connectivity index (χ1) is 9.70. The van der Waals surface area contributed by atoms with Crippen molar-refractivity contribution in [2.45, 2.75) is 31.8 Å². The van der Waals surface area contributed by atoms with Crippen LogP contribution in [-0.2, 0) is 13.0 Å². The summed E-state index contributed by atoms with van der Waals surface area (Å²) in [6, 6.07) is 9.02. The van der Waals surface area contributed by atoms with Crippen molar-refractivity contribution in [3.05, 3.63) is 50.6 Å². The van der Waals surface area contributed by atoms with Crippen LogP contribution >= 0.6 is 15.9 Å². The lowest BCUT2D eigenvalue weighted by molar-refractivity contribution is 0.238. The molecule has 0 bridgehead atoms. The van der Waals surface area contributed by atoms with E-state index in [1.807, 2.05) is 0 Å². The van der Waals surface area contributed by atoms with Gasteiger partial charge in [-0.2, -0.15) is 5.10 Å². The van der Waals surface area contributed by atoms with Crippen LogP contribution in [0.25, 0.3) is 0 Å². The van der Waals surface area contributed by atoms with Gasteiger partial charge in [-0.3, -0.25) is 9.88 Å². The third kappa shape index (κ3) is 3.19. The van der Waals surface area contributed by atoms with E-state index in [0.717, 1.165) is 23.3 Å². The summed E-state index contributed by atoms with van der Waals surface area (Å²) in [6.07, 6.45) is 3.45. The number of likely N-dealkylation sites (tertiary alicyclic amines) is 1. The van der Waals surface area contributed by atoms with E-state index in [0.29, 0.717) is 12.6 Å². The van der Waals surface area contributed by atoms with Crippen molar-refractivity contribution in [3.8, 4) is 0 Å². The van der Waals surface area contributed by atoms with Crippen molar-refractivity contribution in [2.24, 2.45) is 0 Å². The van der Waals surface area contributed by atoms with E-state index in [2.05, 4.69) is 60.3 Å². The molecule has 5 nitrogen and oxygen atoms in total. The molecule has 1 aromatic heterocycles. The Morgan fingerprint density at radius 1 is 1.35 bits per heavy atom. The largest absolute Gasteiger partial charge is 0.340 e. The van der Waals surface area contributed by atoms with Gasteiger partial charge in [0.1, 0.15) is 5.82 Å². The van der Waals surface area contributed by atoms with Crippen LogP contribution in [0.3, 0.4) is 0 Å². The van der Waals surface area contributed by atoms with Crippen molar-refractivity contribution in [1.29, 1.82) is 0 Å². The molecular formula is C14H17BrN4O. The molecule has 1 aromatic carbocycles. The van der Waals surface area contributed by atoms with Gasteiger partial charge in [0, 0.05) is 10.5 Å². The number of halogens is 1. The van der Waals surface area contributed by atoms with E-state index >= 15 is 0 Å². The van der Waals surface area contributed by atoms with Gasteiger partial charge < -0.3 is 0 Å². The molecule has 0 aliphatic carbocycles. The maximum absolute atomic E-state index is 11.1. The zero-order valence-electron chi connectivity index (χ0n) is 11.1. The van der Waals surface area contributed by atoms with Crippen LogP contribution < -0.4 is 5.69 Å². The Morgan fingerprint density at radius 2 is 2.15 bits per heavy atom. The zero-order chi connectivity index (χ0) is 13.9.